The molecule has 1 aliphatic heterocycles. The Bertz CT molecular complexity index is 234. The van der Waals surface area contributed by atoms with Gasteiger partial charge in [0, 0.05) is 6.54 Å². The lowest BCUT2D eigenvalue weighted by molar-refractivity contribution is -0.149. The summed E-state index contributed by atoms with van der Waals surface area (Å²) >= 11 is 0. The van der Waals surface area contributed by atoms with Gasteiger partial charge in [-0.1, -0.05) is 0 Å². The molecule has 0 aromatic carbocycles. The summed E-state index contributed by atoms with van der Waals surface area (Å²) in [7, 11) is 1.74. The summed E-state index contributed by atoms with van der Waals surface area (Å²) in [6.45, 7) is 5.88. The average molecular weight is 169 g/mol. The summed E-state index contributed by atoms with van der Waals surface area (Å²) in [4.78, 5) is 16.1. The molecule has 0 saturated carbocycles. The molecule has 0 aliphatic carbocycles. The molecule has 0 unspecified atom stereocenters. The fraction of sp³-hybridized carbons (Fsp3) is 0.750. The molecule has 1 aliphatic rings. The van der Waals surface area contributed by atoms with Gasteiger partial charge in [-0.25, -0.2) is 9.69 Å². The molecule has 0 radical (unpaired) electrons. The van der Waals surface area contributed by atoms with Crippen molar-refractivity contribution in [1.29, 1.82) is 0 Å². The highest BCUT2D eigenvalue weighted by Gasteiger charge is 2.54. The third kappa shape index (κ3) is 1.16. The van der Waals surface area contributed by atoms with Gasteiger partial charge in [0.2, 0.25) is 0 Å². The Labute approximate surface area is 71.6 Å². The summed E-state index contributed by atoms with van der Waals surface area (Å²) in [5.74, 6) is -0.952. The van der Waals surface area contributed by atoms with Gasteiger partial charge in [0.1, 0.15) is 0 Å². The molecule has 1 atom stereocenters. The number of aliphatic carboxylic acids is 1. The van der Waals surface area contributed by atoms with Crippen LogP contribution in [-0.4, -0.2) is 35.2 Å². The first-order chi connectivity index (χ1) is 5.63. The monoisotopic (exact) mass is 169 g/mol. The van der Waals surface area contributed by atoms with Gasteiger partial charge in [-0.05, 0) is 24.7 Å². The van der Waals surface area contributed by atoms with E-state index in [9.17, 15) is 4.79 Å². The summed E-state index contributed by atoms with van der Waals surface area (Å²) in [5.41, 5.74) is -1.17. The van der Waals surface area contributed by atoms with E-state index in [4.69, 9.17) is 11.7 Å². The van der Waals surface area contributed by atoms with Gasteiger partial charge in [0.25, 0.3) is 6.57 Å². The van der Waals surface area contributed by atoms with E-state index in [1.54, 1.807) is 11.9 Å². The van der Waals surface area contributed by atoms with Crippen molar-refractivity contribution in [3.8, 4) is 6.57 Å². The highest BCUT2D eigenvalue weighted by atomic mass is 16.4. The van der Waals surface area contributed by atoms with E-state index in [1.807, 2.05) is 0 Å². The quantitative estimate of drug-likeness (QED) is 0.632. The van der Waals surface area contributed by atoms with Crippen molar-refractivity contribution in [3.63, 3.8) is 0 Å². The van der Waals surface area contributed by atoms with Crippen LogP contribution in [0.1, 0.15) is 19.3 Å². The van der Waals surface area contributed by atoms with Crippen LogP contribution in [0.4, 0.5) is 0 Å². The van der Waals surface area contributed by atoms with Crippen LogP contribution in [0, 0.1) is 6.57 Å². The molecule has 12 heavy (non-hydrogen) atoms. The van der Waals surface area contributed by atoms with Crippen LogP contribution < -0.4 is 0 Å². The SMILES string of the molecule is C#[N+][C@]1(C(=O)O)CCCCN1C. The molecular formula is C8H13N2O2+. The molecule has 1 saturated heterocycles. The zero-order valence-electron chi connectivity index (χ0n) is 7.16. The Balaban J connectivity index is 2.90. The smallest absolute Gasteiger partial charge is 0.432 e. The summed E-state index contributed by atoms with van der Waals surface area (Å²) in [6.07, 6.45) is 2.40. The van der Waals surface area contributed by atoms with Crippen molar-refractivity contribution < 1.29 is 9.90 Å². The van der Waals surface area contributed by atoms with Crippen molar-refractivity contribution in [3.05, 3.63) is 4.85 Å². The Hall–Kier alpha value is -1.08. The number of carboxylic acids is 1. The van der Waals surface area contributed by atoms with Gasteiger partial charge in [-0.3, -0.25) is 0 Å². The fourth-order valence-electron chi connectivity index (χ4n) is 1.58. The number of hydrogen-bond donors (Lipinski definition) is 1. The van der Waals surface area contributed by atoms with Crippen LogP contribution in [0.15, 0.2) is 0 Å². The Morgan fingerprint density at radius 2 is 2.33 bits per heavy atom. The number of carbonyl (C=O) groups is 1. The normalized spacial score (nSPS) is 31.0. The van der Waals surface area contributed by atoms with E-state index in [0.717, 1.165) is 19.4 Å². The zero-order valence-corrected chi connectivity index (χ0v) is 7.16. The third-order valence-corrected chi connectivity index (χ3v) is 2.46. The largest absolute Gasteiger partial charge is 0.474 e. The second kappa shape index (κ2) is 3.11. The predicted molar refractivity (Wildman–Crippen MR) is 45.2 cm³/mol. The molecule has 66 valence electrons. The van der Waals surface area contributed by atoms with Crippen LogP contribution in [0.3, 0.4) is 0 Å². The van der Waals surface area contributed by atoms with Gasteiger partial charge >= 0.3 is 11.6 Å². The van der Waals surface area contributed by atoms with Crippen LogP contribution in [0.25, 0.3) is 4.85 Å². The first-order valence-corrected chi connectivity index (χ1v) is 4.00. The molecule has 0 aromatic rings. The van der Waals surface area contributed by atoms with Crippen LogP contribution >= 0.6 is 0 Å². The third-order valence-electron chi connectivity index (χ3n) is 2.46. The van der Waals surface area contributed by atoms with Crippen LogP contribution in [-0.2, 0) is 4.79 Å². The predicted octanol–water partition coefficient (Wildman–Crippen LogP) is 0.846. The van der Waals surface area contributed by atoms with E-state index >= 15 is 0 Å². The standard InChI is InChI=1S/C8H12N2O2/c1-9-8(7(11)12)5-3-4-6-10(8)2/h1H,3-6H2,2H3/p+1/t8-/m1/s1. The maximum atomic E-state index is 10.9. The van der Waals surface area contributed by atoms with Gasteiger partial charge < -0.3 is 5.11 Å². The number of likely N-dealkylation sites (tertiary alicyclic amines) is 1. The number of hydrogen-bond acceptors (Lipinski definition) is 2. The lowest BCUT2D eigenvalue weighted by Gasteiger charge is -2.28. The average Bonchev–Trinajstić information content (AvgIpc) is 2.05. The molecule has 0 aromatic heterocycles. The Morgan fingerprint density at radius 3 is 2.67 bits per heavy atom. The van der Waals surface area contributed by atoms with Crippen molar-refractivity contribution in [2.75, 3.05) is 13.6 Å². The first-order valence-electron chi connectivity index (χ1n) is 4.00. The van der Waals surface area contributed by atoms with Crippen molar-refractivity contribution in [1.82, 2.24) is 4.90 Å². The highest BCUT2D eigenvalue weighted by Crippen LogP contribution is 2.28. The minimum absolute atomic E-state index is 0.509. The molecule has 1 rings (SSSR count). The topological polar surface area (TPSA) is 44.9 Å². The van der Waals surface area contributed by atoms with E-state index in [1.165, 1.54) is 0 Å². The second-order valence-corrected chi connectivity index (χ2v) is 3.13. The van der Waals surface area contributed by atoms with Gasteiger partial charge in [-0.2, -0.15) is 0 Å². The van der Waals surface area contributed by atoms with E-state index < -0.39 is 11.6 Å². The molecule has 1 heterocycles. The number of rotatable bonds is 1. The molecule has 0 spiro atoms. The molecule has 1 fully saturated rings. The number of likely N-dealkylation sites (N-methyl/N-ethyl adjacent to an activating group) is 1. The molecule has 0 amide bonds. The maximum absolute atomic E-state index is 10.9. The van der Waals surface area contributed by atoms with Crippen molar-refractivity contribution >= 4 is 5.97 Å². The summed E-state index contributed by atoms with van der Waals surface area (Å²) < 4.78 is 0. The van der Waals surface area contributed by atoms with E-state index in [-0.39, 0.29) is 0 Å². The molecule has 4 heteroatoms. The Morgan fingerprint density at radius 1 is 1.67 bits per heavy atom. The molecule has 0 bridgehead atoms. The number of piperidine rings is 1. The summed E-state index contributed by atoms with van der Waals surface area (Å²) in [6, 6.07) is 0. The number of nitrogens with zero attached hydrogens (tertiary/aromatic N) is 2. The second-order valence-electron chi connectivity index (χ2n) is 3.13. The lowest BCUT2D eigenvalue weighted by Crippen LogP contribution is -2.52. The van der Waals surface area contributed by atoms with Gasteiger partial charge in [0.15, 0.2) is 0 Å². The van der Waals surface area contributed by atoms with Gasteiger partial charge in [-0.15, -0.1) is 0 Å². The highest BCUT2D eigenvalue weighted by molar-refractivity contribution is 5.80. The maximum Gasteiger partial charge on any atom is 0.432 e. The molecule has 4 nitrogen and oxygen atoms in total. The lowest BCUT2D eigenvalue weighted by atomic mass is 9.96. The van der Waals surface area contributed by atoms with Crippen molar-refractivity contribution in [2.45, 2.75) is 24.9 Å². The zero-order chi connectivity index (χ0) is 9.19. The van der Waals surface area contributed by atoms with Crippen LogP contribution in [0.5, 0.6) is 0 Å². The van der Waals surface area contributed by atoms with Crippen LogP contribution in [0.2, 0.25) is 0 Å². The van der Waals surface area contributed by atoms with Crippen molar-refractivity contribution in [2.24, 2.45) is 0 Å². The minimum Gasteiger partial charge on any atom is -0.474 e. The van der Waals surface area contributed by atoms with E-state index in [0.29, 0.717) is 6.42 Å². The molecular weight excluding hydrogens is 156 g/mol. The molecule has 1 N–H and O–H groups in total. The van der Waals surface area contributed by atoms with E-state index in [2.05, 4.69) is 4.85 Å². The number of carboxylic acid groups (broad SMARTS) is 1. The minimum atomic E-state index is -1.17. The van der Waals surface area contributed by atoms with Gasteiger partial charge in [0.05, 0.1) is 6.42 Å². The fourth-order valence-corrected chi connectivity index (χ4v) is 1.58. The summed E-state index contributed by atoms with van der Waals surface area (Å²) in [5, 5.41) is 8.94. The first kappa shape index (κ1) is 9.01. The Kier molecular flexibility index (Phi) is 2.34.